The highest BCUT2D eigenvalue weighted by Crippen LogP contribution is 2.30. The Balaban J connectivity index is 2.18. The third-order valence-electron chi connectivity index (χ3n) is 3.22. The molecule has 0 radical (unpaired) electrons. The van der Waals surface area contributed by atoms with Crippen LogP contribution in [0.1, 0.15) is 30.6 Å². The summed E-state index contributed by atoms with van der Waals surface area (Å²) >= 11 is 2.36. The van der Waals surface area contributed by atoms with Crippen LogP contribution in [0, 0.1) is 6.92 Å². The van der Waals surface area contributed by atoms with Crippen LogP contribution in [-0.4, -0.2) is 10.4 Å². The van der Waals surface area contributed by atoms with E-state index in [1.165, 1.54) is 12.5 Å². The quantitative estimate of drug-likeness (QED) is 0.295. The molecule has 0 aromatic heterocycles. The van der Waals surface area contributed by atoms with Gasteiger partial charge in [-0.1, -0.05) is 52.9 Å². The van der Waals surface area contributed by atoms with Crippen molar-refractivity contribution in [1.82, 2.24) is 0 Å². The monoisotopic (exact) mass is 410 g/mol. The SMILES string of the molecule is CC(=O)Oc1ccc(O[C@H](CCI)c2ccccc2)c(C)c1. The molecular weight excluding hydrogens is 391 g/mol. The highest BCUT2D eigenvalue weighted by atomic mass is 127. The van der Waals surface area contributed by atoms with Crippen LogP contribution in [0.2, 0.25) is 0 Å². The number of esters is 1. The lowest BCUT2D eigenvalue weighted by Gasteiger charge is -2.20. The molecule has 0 unspecified atom stereocenters. The lowest BCUT2D eigenvalue weighted by Crippen LogP contribution is -2.09. The summed E-state index contributed by atoms with van der Waals surface area (Å²) in [7, 11) is 0. The molecule has 0 aliphatic carbocycles. The van der Waals surface area contributed by atoms with Crippen LogP contribution < -0.4 is 9.47 Å². The second-order valence-electron chi connectivity index (χ2n) is 5.02. The summed E-state index contributed by atoms with van der Waals surface area (Å²) in [4.78, 5) is 11.0. The number of carbonyl (C=O) groups excluding carboxylic acids is 1. The van der Waals surface area contributed by atoms with Crippen LogP contribution in [0.4, 0.5) is 0 Å². The molecule has 2 rings (SSSR count). The number of aryl methyl sites for hydroxylation is 1. The summed E-state index contributed by atoms with van der Waals surface area (Å²) in [5.41, 5.74) is 2.12. The van der Waals surface area contributed by atoms with E-state index in [9.17, 15) is 4.79 Å². The van der Waals surface area contributed by atoms with Gasteiger partial charge in [-0.25, -0.2) is 0 Å². The van der Waals surface area contributed by atoms with E-state index in [0.29, 0.717) is 5.75 Å². The molecule has 4 heteroatoms. The fourth-order valence-electron chi connectivity index (χ4n) is 2.20. The number of halogens is 1. The summed E-state index contributed by atoms with van der Waals surface area (Å²) in [6, 6.07) is 15.7. The Morgan fingerprint density at radius 1 is 1.18 bits per heavy atom. The molecule has 0 bridgehead atoms. The third-order valence-corrected chi connectivity index (χ3v) is 3.84. The molecule has 22 heavy (non-hydrogen) atoms. The smallest absolute Gasteiger partial charge is 0.308 e. The fraction of sp³-hybridized carbons (Fsp3) is 0.278. The number of rotatable bonds is 6. The van der Waals surface area contributed by atoms with Crippen molar-refractivity contribution in [3.8, 4) is 11.5 Å². The van der Waals surface area contributed by atoms with Gasteiger partial charge in [0.25, 0.3) is 0 Å². The first-order valence-electron chi connectivity index (χ1n) is 7.17. The van der Waals surface area contributed by atoms with Crippen molar-refractivity contribution >= 4 is 28.6 Å². The number of hydrogen-bond acceptors (Lipinski definition) is 3. The van der Waals surface area contributed by atoms with Gasteiger partial charge in [-0.2, -0.15) is 0 Å². The summed E-state index contributed by atoms with van der Waals surface area (Å²) < 4.78 is 12.3. The molecule has 1 atom stereocenters. The largest absolute Gasteiger partial charge is 0.485 e. The minimum Gasteiger partial charge on any atom is -0.485 e. The highest BCUT2D eigenvalue weighted by Gasteiger charge is 2.14. The summed E-state index contributed by atoms with van der Waals surface area (Å²) in [5, 5.41) is 0. The molecule has 2 aromatic rings. The van der Waals surface area contributed by atoms with Crippen LogP contribution in [0.3, 0.4) is 0 Å². The number of benzene rings is 2. The maximum atomic E-state index is 11.0. The fourth-order valence-corrected chi connectivity index (χ4v) is 2.76. The van der Waals surface area contributed by atoms with E-state index in [2.05, 4.69) is 34.7 Å². The average Bonchev–Trinajstić information content (AvgIpc) is 2.49. The molecule has 0 spiro atoms. The lowest BCUT2D eigenvalue weighted by molar-refractivity contribution is -0.131. The van der Waals surface area contributed by atoms with Crippen LogP contribution in [0.15, 0.2) is 48.5 Å². The van der Waals surface area contributed by atoms with Crippen LogP contribution in [0.25, 0.3) is 0 Å². The molecule has 0 aliphatic heterocycles. The van der Waals surface area contributed by atoms with Crippen molar-refractivity contribution in [3.05, 3.63) is 59.7 Å². The van der Waals surface area contributed by atoms with Gasteiger partial charge in [-0.3, -0.25) is 4.79 Å². The Morgan fingerprint density at radius 2 is 1.91 bits per heavy atom. The van der Waals surface area contributed by atoms with Crippen molar-refractivity contribution in [1.29, 1.82) is 0 Å². The van der Waals surface area contributed by atoms with Crippen LogP contribution in [-0.2, 0) is 4.79 Å². The van der Waals surface area contributed by atoms with Gasteiger partial charge in [0, 0.05) is 11.4 Å². The zero-order valence-corrected chi connectivity index (χ0v) is 14.9. The summed E-state index contributed by atoms with van der Waals surface area (Å²) in [5.74, 6) is 1.04. The van der Waals surface area contributed by atoms with Gasteiger partial charge in [0.15, 0.2) is 0 Å². The zero-order chi connectivity index (χ0) is 15.9. The number of hydrogen-bond donors (Lipinski definition) is 0. The maximum Gasteiger partial charge on any atom is 0.308 e. The molecule has 0 aliphatic rings. The molecule has 0 amide bonds. The van der Waals surface area contributed by atoms with Gasteiger partial charge in [0.1, 0.15) is 17.6 Å². The van der Waals surface area contributed by atoms with Gasteiger partial charge < -0.3 is 9.47 Å². The van der Waals surface area contributed by atoms with Gasteiger partial charge in [0.05, 0.1) is 0 Å². The van der Waals surface area contributed by atoms with E-state index in [4.69, 9.17) is 9.47 Å². The number of carbonyl (C=O) groups is 1. The van der Waals surface area contributed by atoms with Crippen molar-refractivity contribution < 1.29 is 14.3 Å². The first kappa shape index (κ1) is 16.8. The minimum absolute atomic E-state index is 0.0244. The van der Waals surface area contributed by atoms with E-state index >= 15 is 0 Å². The second kappa shape index (κ2) is 8.17. The first-order valence-corrected chi connectivity index (χ1v) is 8.69. The van der Waals surface area contributed by atoms with Gasteiger partial charge >= 0.3 is 5.97 Å². The molecule has 0 saturated heterocycles. The van der Waals surface area contributed by atoms with E-state index < -0.39 is 0 Å². The summed E-state index contributed by atoms with van der Waals surface area (Å²) in [6.45, 7) is 3.35. The van der Waals surface area contributed by atoms with Crippen LogP contribution >= 0.6 is 22.6 Å². The number of alkyl halides is 1. The van der Waals surface area contributed by atoms with Gasteiger partial charge in [-0.05, 0) is 42.7 Å². The Kier molecular flexibility index (Phi) is 6.24. The normalized spacial score (nSPS) is 11.8. The second-order valence-corrected chi connectivity index (χ2v) is 6.09. The molecule has 0 fully saturated rings. The highest BCUT2D eigenvalue weighted by molar-refractivity contribution is 14.1. The molecular formula is C18H19IO3. The van der Waals surface area contributed by atoms with Gasteiger partial charge in [0.2, 0.25) is 0 Å². The minimum atomic E-state index is -0.319. The Labute approximate surface area is 144 Å². The zero-order valence-electron chi connectivity index (χ0n) is 12.7. The molecule has 2 aromatic carbocycles. The van der Waals surface area contributed by atoms with Crippen molar-refractivity contribution in [2.45, 2.75) is 26.4 Å². The maximum absolute atomic E-state index is 11.0. The van der Waals surface area contributed by atoms with Gasteiger partial charge in [-0.15, -0.1) is 0 Å². The Morgan fingerprint density at radius 3 is 2.50 bits per heavy atom. The van der Waals surface area contributed by atoms with Crippen molar-refractivity contribution in [2.24, 2.45) is 0 Å². The molecule has 0 heterocycles. The summed E-state index contributed by atoms with van der Waals surface area (Å²) in [6.07, 6.45) is 0.965. The Bertz CT molecular complexity index is 625. The third kappa shape index (κ3) is 4.73. The topological polar surface area (TPSA) is 35.5 Å². The molecule has 0 N–H and O–H groups in total. The average molecular weight is 410 g/mol. The van der Waals surface area contributed by atoms with Crippen molar-refractivity contribution in [3.63, 3.8) is 0 Å². The lowest BCUT2D eigenvalue weighted by atomic mass is 10.1. The van der Waals surface area contributed by atoms with Crippen LogP contribution in [0.5, 0.6) is 11.5 Å². The van der Waals surface area contributed by atoms with E-state index in [1.807, 2.05) is 37.3 Å². The van der Waals surface area contributed by atoms with Crippen molar-refractivity contribution in [2.75, 3.05) is 4.43 Å². The molecule has 0 saturated carbocycles. The number of ether oxygens (including phenoxy) is 2. The van der Waals surface area contributed by atoms with E-state index in [1.54, 1.807) is 6.07 Å². The predicted molar refractivity (Wildman–Crippen MR) is 95.8 cm³/mol. The van der Waals surface area contributed by atoms with E-state index in [0.717, 1.165) is 22.2 Å². The first-order chi connectivity index (χ1) is 10.6. The predicted octanol–water partition coefficient (Wildman–Crippen LogP) is 4.87. The Hall–Kier alpha value is -1.56. The molecule has 3 nitrogen and oxygen atoms in total. The molecule has 116 valence electrons. The van der Waals surface area contributed by atoms with E-state index in [-0.39, 0.29) is 12.1 Å². The standard InChI is InChI=1S/C18H19IO3/c1-13-12-16(21-14(2)20)8-9-17(13)22-18(10-11-19)15-6-4-3-5-7-15/h3-9,12,18H,10-11H2,1-2H3/t18-/m1/s1.